The molecule has 0 spiro atoms. The van der Waals surface area contributed by atoms with Crippen LogP contribution in [0.5, 0.6) is 0 Å². The van der Waals surface area contributed by atoms with Crippen LogP contribution in [0.15, 0.2) is 97.6 Å². The zero-order chi connectivity index (χ0) is 23.3. The Morgan fingerprint density at radius 1 is 0.939 bits per heavy atom. The molecule has 33 heavy (non-hydrogen) atoms. The molecular formula is C25H24N4O3S. The van der Waals surface area contributed by atoms with Gasteiger partial charge in [0, 0.05) is 30.2 Å². The van der Waals surface area contributed by atoms with Crippen LogP contribution in [0.2, 0.25) is 0 Å². The second-order valence-electron chi connectivity index (χ2n) is 7.62. The predicted molar refractivity (Wildman–Crippen MR) is 129 cm³/mol. The summed E-state index contributed by atoms with van der Waals surface area (Å²) in [5.74, 6) is -0.228. The zero-order valence-electron chi connectivity index (χ0n) is 18.1. The van der Waals surface area contributed by atoms with Crippen molar-refractivity contribution >= 4 is 21.6 Å². The first-order valence-electron chi connectivity index (χ1n) is 10.4. The van der Waals surface area contributed by atoms with Gasteiger partial charge in [0.25, 0.3) is 5.91 Å². The number of hydrogen-bond donors (Lipinski definition) is 1. The minimum atomic E-state index is -3.49. The fourth-order valence-electron chi connectivity index (χ4n) is 3.41. The van der Waals surface area contributed by atoms with Crippen molar-refractivity contribution in [1.29, 1.82) is 0 Å². The quantitative estimate of drug-likeness (QED) is 0.434. The highest BCUT2D eigenvalue weighted by atomic mass is 32.2. The molecule has 1 amide bonds. The van der Waals surface area contributed by atoms with Gasteiger partial charge >= 0.3 is 0 Å². The van der Waals surface area contributed by atoms with E-state index in [9.17, 15) is 13.2 Å². The molecule has 1 heterocycles. The Bertz CT molecular complexity index is 1300. The largest absolute Gasteiger partial charge is 0.348 e. The first-order chi connectivity index (χ1) is 15.9. The van der Waals surface area contributed by atoms with Crippen molar-refractivity contribution < 1.29 is 13.2 Å². The SMILES string of the molecule is CS(=O)(=O)N(Cc1ccccc1)c1ccc(C(=O)NCc2ccc(-n3ccnc3)cc2)cc1. The van der Waals surface area contributed by atoms with Crippen molar-refractivity contribution in [3.8, 4) is 5.69 Å². The number of aromatic nitrogens is 2. The number of carbonyl (C=O) groups excluding carboxylic acids is 1. The Balaban J connectivity index is 1.41. The third kappa shape index (κ3) is 5.67. The Morgan fingerprint density at radius 3 is 2.24 bits per heavy atom. The Kier molecular flexibility index (Phi) is 6.55. The minimum absolute atomic E-state index is 0.223. The third-order valence-corrected chi connectivity index (χ3v) is 6.32. The molecule has 0 radical (unpaired) electrons. The molecule has 0 saturated carbocycles. The number of carbonyl (C=O) groups is 1. The molecule has 0 unspecified atom stereocenters. The standard InChI is InChI=1S/C25H24N4O3S/c1-33(31,32)29(18-21-5-3-2-4-6-21)24-13-9-22(10-14-24)25(30)27-17-20-7-11-23(12-8-20)28-16-15-26-19-28/h2-16,19H,17-18H2,1H3,(H,27,30). The maximum absolute atomic E-state index is 12.6. The molecule has 0 atom stereocenters. The molecule has 0 saturated heterocycles. The molecule has 0 aliphatic carbocycles. The van der Waals surface area contributed by atoms with Gasteiger partial charge in [-0.05, 0) is 47.5 Å². The van der Waals surface area contributed by atoms with E-state index in [0.29, 0.717) is 17.8 Å². The first-order valence-corrected chi connectivity index (χ1v) is 12.2. The van der Waals surface area contributed by atoms with Crippen LogP contribution in [0.3, 0.4) is 0 Å². The molecule has 4 rings (SSSR count). The fourth-order valence-corrected chi connectivity index (χ4v) is 4.30. The van der Waals surface area contributed by atoms with Crippen LogP contribution in [-0.4, -0.2) is 30.1 Å². The summed E-state index contributed by atoms with van der Waals surface area (Å²) in [4.78, 5) is 16.6. The van der Waals surface area contributed by atoms with Gasteiger partial charge in [0.15, 0.2) is 0 Å². The lowest BCUT2D eigenvalue weighted by Gasteiger charge is -2.22. The van der Waals surface area contributed by atoms with E-state index >= 15 is 0 Å². The predicted octanol–water partition coefficient (Wildman–Crippen LogP) is 3.77. The lowest BCUT2D eigenvalue weighted by atomic mass is 10.1. The highest BCUT2D eigenvalue weighted by Gasteiger charge is 2.18. The number of imidazole rings is 1. The summed E-state index contributed by atoms with van der Waals surface area (Å²) in [5.41, 5.74) is 3.80. The van der Waals surface area contributed by atoms with Crippen molar-refractivity contribution in [3.05, 3.63) is 114 Å². The lowest BCUT2D eigenvalue weighted by Crippen LogP contribution is -2.29. The Labute approximate surface area is 193 Å². The van der Waals surface area contributed by atoms with Crippen LogP contribution in [0, 0.1) is 0 Å². The number of hydrogen-bond acceptors (Lipinski definition) is 4. The van der Waals surface area contributed by atoms with Crippen LogP contribution in [0.4, 0.5) is 5.69 Å². The second kappa shape index (κ2) is 9.70. The molecule has 0 aliphatic heterocycles. The van der Waals surface area contributed by atoms with Crippen molar-refractivity contribution in [1.82, 2.24) is 14.9 Å². The Hall–Kier alpha value is -3.91. The van der Waals surface area contributed by atoms with E-state index in [4.69, 9.17) is 0 Å². The number of benzene rings is 3. The fraction of sp³-hybridized carbons (Fsp3) is 0.120. The van der Waals surface area contributed by atoms with Gasteiger partial charge in [-0.25, -0.2) is 13.4 Å². The summed E-state index contributed by atoms with van der Waals surface area (Å²) in [7, 11) is -3.49. The zero-order valence-corrected chi connectivity index (χ0v) is 18.9. The van der Waals surface area contributed by atoms with Gasteiger partial charge in [0.2, 0.25) is 10.0 Å². The summed E-state index contributed by atoms with van der Waals surface area (Å²) in [5, 5.41) is 2.90. The maximum Gasteiger partial charge on any atom is 0.251 e. The molecule has 3 aromatic carbocycles. The van der Waals surface area contributed by atoms with Crippen LogP contribution < -0.4 is 9.62 Å². The molecule has 1 N–H and O–H groups in total. The highest BCUT2D eigenvalue weighted by molar-refractivity contribution is 7.92. The van der Waals surface area contributed by atoms with Crippen LogP contribution in [0.25, 0.3) is 5.69 Å². The van der Waals surface area contributed by atoms with Gasteiger partial charge in [0.1, 0.15) is 0 Å². The van der Waals surface area contributed by atoms with Crippen molar-refractivity contribution in [2.24, 2.45) is 0 Å². The number of anilines is 1. The molecule has 7 nitrogen and oxygen atoms in total. The molecule has 8 heteroatoms. The number of nitrogens with zero attached hydrogens (tertiary/aromatic N) is 3. The smallest absolute Gasteiger partial charge is 0.251 e. The number of nitrogens with one attached hydrogen (secondary N) is 1. The van der Waals surface area contributed by atoms with Crippen molar-refractivity contribution in [3.63, 3.8) is 0 Å². The average molecular weight is 461 g/mol. The van der Waals surface area contributed by atoms with Gasteiger partial charge < -0.3 is 9.88 Å². The summed E-state index contributed by atoms with van der Waals surface area (Å²) in [6.07, 6.45) is 6.49. The third-order valence-electron chi connectivity index (χ3n) is 5.18. The summed E-state index contributed by atoms with van der Waals surface area (Å²) < 4.78 is 27.9. The van der Waals surface area contributed by atoms with E-state index in [0.717, 1.165) is 16.8 Å². The average Bonchev–Trinajstić information content (AvgIpc) is 3.36. The molecule has 0 fully saturated rings. The summed E-state index contributed by atoms with van der Waals surface area (Å²) in [6.45, 7) is 0.606. The normalized spacial score (nSPS) is 11.2. The maximum atomic E-state index is 12.6. The summed E-state index contributed by atoms with van der Waals surface area (Å²) in [6, 6.07) is 23.8. The number of rotatable bonds is 8. The molecule has 168 valence electrons. The highest BCUT2D eigenvalue weighted by Crippen LogP contribution is 2.21. The monoisotopic (exact) mass is 460 g/mol. The molecular weight excluding hydrogens is 436 g/mol. The van der Waals surface area contributed by atoms with E-state index in [1.807, 2.05) is 65.4 Å². The van der Waals surface area contributed by atoms with Crippen LogP contribution in [0.1, 0.15) is 21.5 Å². The van der Waals surface area contributed by atoms with E-state index in [1.165, 1.54) is 10.6 Å². The molecule has 0 bridgehead atoms. The van der Waals surface area contributed by atoms with E-state index in [2.05, 4.69) is 10.3 Å². The molecule has 0 aliphatic rings. The minimum Gasteiger partial charge on any atom is -0.348 e. The van der Waals surface area contributed by atoms with Crippen LogP contribution in [-0.2, 0) is 23.1 Å². The van der Waals surface area contributed by atoms with E-state index < -0.39 is 10.0 Å². The van der Waals surface area contributed by atoms with Crippen molar-refractivity contribution in [2.75, 3.05) is 10.6 Å². The van der Waals surface area contributed by atoms with Crippen LogP contribution >= 0.6 is 0 Å². The van der Waals surface area contributed by atoms with Gasteiger partial charge in [-0.1, -0.05) is 42.5 Å². The number of amides is 1. The van der Waals surface area contributed by atoms with Gasteiger partial charge in [-0.2, -0.15) is 0 Å². The van der Waals surface area contributed by atoms with Gasteiger partial charge in [-0.3, -0.25) is 9.10 Å². The molecule has 4 aromatic rings. The molecule has 1 aromatic heterocycles. The number of sulfonamides is 1. The topological polar surface area (TPSA) is 84.3 Å². The van der Waals surface area contributed by atoms with Crippen molar-refractivity contribution in [2.45, 2.75) is 13.1 Å². The lowest BCUT2D eigenvalue weighted by molar-refractivity contribution is 0.0951. The second-order valence-corrected chi connectivity index (χ2v) is 9.53. The van der Waals surface area contributed by atoms with E-state index in [-0.39, 0.29) is 12.5 Å². The Morgan fingerprint density at radius 2 is 1.64 bits per heavy atom. The van der Waals surface area contributed by atoms with E-state index in [1.54, 1.807) is 36.8 Å². The van der Waals surface area contributed by atoms with Gasteiger partial charge in [0.05, 0.1) is 24.8 Å². The van der Waals surface area contributed by atoms with Gasteiger partial charge in [-0.15, -0.1) is 0 Å². The summed E-state index contributed by atoms with van der Waals surface area (Å²) >= 11 is 0. The first kappa shape index (κ1) is 22.3.